The zero-order valence-electron chi connectivity index (χ0n) is 12.3. The van der Waals surface area contributed by atoms with Gasteiger partial charge in [0.15, 0.2) is 0 Å². The number of aliphatic hydroxyl groups excluding tert-OH is 9. The summed E-state index contributed by atoms with van der Waals surface area (Å²) in [5, 5.41) is 85.0. The molecule has 0 unspecified atom stereocenters. The molecule has 23 heavy (non-hydrogen) atoms. The molecule has 1 aliphatic heterocycles. The number of aliphatic hydroxyl groups is 9. The molecule has 140 valence electrons. The molecule has 0 saturated carbocycles. The van der Waals surface area contributed by atoms with Crippen molar-refractivity contribution in [2.45, 2.75) is 48.8 Å². The number of rotatable bonds is 8. The molecular weight excluding hydrogens is 338 g/mol. The van der Waals surface area contributed by atoms with Crippen molar-refractivity contribution in [3.8, 4) is 0 Å². The number of β-amino-alcohol motifs (C(OH)–C–C–N with tert-alkyl or cyclic N) is 2. The lowest BCUT2D eigenvalue weighted by Gasteiger charge is -2.32. The molecule has 0 aromatic heterocycles. The fraction of sp³-hybridized carbons (Fsp3) is 1.00. The van der Waals surface area contributed by atoms with E-state index in [0.29, 0.717) is 0 Å². The second-order valence-electron chi connectivity index (χ2n) is 5.55. The van der Waals surface area contributed by atoms with Gasteiger partial charge in [-0.2, -0.15) is 0 Å². The summed E-state index contributed by atoms with van der Waals surface area (Å²) in [5.41, 5.74) is 0. The van der Waals surface area contributed by atoms with Gasteiger partial charge in [0.05, 0.1) is 37.6 Å². The van der Waals surface area contributed by atoms with Crippen molar-refractivity contribution in [1.29, 1.82) is 0 Å². The average molecular weight is 363 g/mol. The monoisotopic (exact) mass is 362 g/mol. The predicted molar refractivity (Wildman–Crippen MR) is 71.6 cm³/mol. The minimum atomic E-state index is -1.91. The van der Waals surface area contributed by atoms with Gasteiger partial charge in [-0.3, -0.25) is 4.90 Å². The van der Waals surface area contributed by atoms with Gasteiger partial charge in [-0.15, -0.1) is 0 Å². The van der Waals surface area contributed by atoms with Crippen LogP contribution in [0.3, 0.4) is 0 Å². The number of hydrogen-bond acceptors (Lipinski definition) is 10. The lowest BCUT2D eigenvalue weighted by atomic mass is 9.99. The van der Waals surface area contributed by atoms with E-state index in [2.05, 4.69) is 0 Å². The number of halogens is 1. The topological polar surface area (TPSA) is 185 Å². The highest BCUT2D eigenvalue weighted by atomic mass is 35.5. The first-order valence-electron chi connectivity index (χ1n) is 6.96. The molecule has 10 nitrogen and oxygen atoms in total. The largest absolute Gasteiger partial charge is 1.00 e. The normalized spacial score (nSPS) is 32.0. The Bertz CT molecular complexity index is 340. The third-order valence-electron chi connectivity index (χ3n) is 3.96. The van der Waals surface area contributed by atoms with E-state index in [4.69, 9.17) is 5.11 Å². The van der Waals surface area contributed by atoms with Crippen LogP contribution in [0, 0.1) is 0 Å². The van der Waals surface area contributed by atoms with Crippen molar-refractivity contribution in [2.24, 2.45) is 0 Å². The van der Waals surface area contributed by atoms with E-state index in [1.807, 2.05) is 0 Å². The third kappa shape index (κ3) is 5.44. The van der Waals surface area contributed by atoms with Crippen molar-refractivity contribution in [2.75, 3.05) is 26.3 Å². The molecule has 0 aromatic carbocycles. The van der Waals surface area contributed by atoms with E-state index >= 15 is 0 Å². The summed E-state index contributed by atoms with van der Waals surface area (Å²) >= 11 is 0. The molecule has 0 bridgehead atoms. The Morgan fingerprint density at radius 3 is 1.87 bits per heavy atom. The van der Waals surface area contributed by atoms with Crippen LogP contribution in [-0.2, 0) is 0 Å². The highest BCUT2D eigenvalue weighted by Crippen LogP contribution is 2.20. The molecule has 1 aliphatic rings. The van der Waals surface area contributed by atoms with Gasteiger partial charge in [0.2, 0.25) is 0 Å². The Morgan fingerprint density at radius 1 is 0.870 bits per heavy atom. The molecule has 11 heteroatoms. The minimum Gasteiger partial charge on any atom is -1.00 e. The van der Waals surface area contributed by atoms with E-state index in [9.17, 15) is 40.9 Å². The number of likely N-dealkylation sites (tertiary alicyclic amines) is 1. The van der Waals surface area contributed by atoms with E-state index < -0.39 is 62.0 Å². The second-order valence-corrected chi connectivity index (χ2v) is 5.55. The molecule has 1 rings (SSSR count). The van der Waals surface area contributed by atoms with Crippen molar-refractivity contribution >= 4 is 0 Å². The maximum Gasteiger partial charge on any atom is 0.111 e. The van der Waals surface area contributed by atoms with Gasteiger partial charge in [-0.25, -0.2) is 0 Å². The van der Waals surface area contributed by atoms with Crippen LogP contribution < -0.4 is 12.4 Å². The van der Waals surface area contributed by atoms with Crippen LogP contribution in [0.1, 0.15) is 0 Å². The highest BCUT2D eigenvalue weighted by molar-refractivity contribution is 4.95. The molecule has 8 atom stereocenters. The maximum absolute atomic E-state index is 9.89. The van der Waals surface area contributed by atoms with Crippen LogP contribution in [0.2, 0.25) is 0 Å². The van der Waals surface area contributed by atoms with E-state index in [-0.39, 0.29) is 25.5 Å². The quantitative estimate of drug-likeness (QED) is 0.201. The first-order chi connectivity index (χ1) is 10.2. The Hall–Kier alpha value is -0.110. The van der Waals surface area contributed by atoms with Crippen LogP contribution in [0.25, 0.3) is 0 Å². The summed E-state index contributed by atoms with van der Waals surface area (Å²) in [6.07, 6.45) is -11.2. The molecule has 1 fully saturated rings. The molecule has 0 aromatic rings. The minimum absolute atomic E-state index is 0. The molecule has 1 saturated heterocycles. The first kappa shape index (κ1) is 22.9. The summed E-state index contributed by atoms with van der Waals surface area (Å²) < 4.78 is 0. The van der Waals surface area contributed by atoms with Gasteiger partial charge in [0, 0.05) is 13.1 Å². The molecule has 9 N–H and O–H groups in total. The smallest absolute Gasteiger partial charge is 0.111 e. The lowest BCUT2D eigenvalue weighted by molar-refractivity contribution is -0.144. The highest BCUT2D eigenvalue weighted by Gasteiger charge is 2.42. The molecule has 0 spiro atoms. The van der Waals surface area contributed by atoms with Crippen LogP contribution in [-0.4, -0.2) is 126 Å². The number of hydrogen-bond donors (Lipinski definition) is 9. The summed E-state index contributed by atoms with van der Waals surface area (Å²) in [7, 11) is 0. The van der Waals surface area contributed by atoms with Gasteiger partial charge < -0.3 is 58.4 Å². The molecule has 0 amide bonds. The van der Waals surface area contributed by atoms with Gasteiger partial charge in [0.1, 0.15) is 24.4 Å². The molecular formula is C12H25ClNO9-. The van der Waals surface area contributed by atoms with Crippen molar-refractivity contribution < 1.29 is 58.4 Å². The van der Waals surface area contributed by atoms with Crippen molar-refractivity contribution in [3.05, 3.63) is 0 Å². The van der Waals surface area contributed by atoms with Crippen LogP contribution in [0.4, 0.5) is 0 Å². The van der Waals surface area contributed by atoms with E-state index in [0.717, 1.165) is 0 Å². The van der Waals surface area contributed by atoms with Crippen molar-refractivity contribution in [3.63, 3.8) is 0 Å². The van der Waals surface area contributed by atoms with E-state index in [1.54, 1.807) is 0 Å². The summed E-state index contributed by atoms with van der Waals surface area (Å²) in [6.45, 7) is -1.65. The van der Waals surface area contributed by atoms with Crippen LogP contribution in [0.15, 0.2) is 0 Å². The van der Waals surface area contributed by atoms with Crippen LogP contribution in [0.5, 0.6) is 0 Å². The summed E-state index contributed by atoms with van der Waals surface area (Å²) in [6, 6.07) is -0.832. The zero-order valence-corrected chi connectivity index (χ0v) is 13.1. The maximum atomic E-state index is 9.89. The summed E-state index contributed by atoms with van der Waals surface area (Å²) in [4.78, 5) is 1.34. The predicted octanol–water partition coefficient (Wildman–Crippen LogP) is -8.81. The Morgan fingerprint density at radius 2 is 1.39 bits per heavy atom. The van der Waals surface area contributed by atoms with Crippen LogP contribution >= 0.6 is 0 Å². The molecule has 0 radical (unpaired) electrons. The Balaban J connectivity index is 0.00000484. The average Bonchev–Trinajstić information content (AvgIpc) is 2.77. The third-order valence-corrected chi connectivity index (χ3v) is 3.96. The first-order valence-corrected chi connectivity index (χ1v) is 6.96. The second kappa shape index (κ2) is 10.0. The standard InChI is InChI=1S/C12H25NO9.ClH/c14-3-5-9(19)6(16)1-13(5)2-7(17)10(20)12(22)11(21)8(18)4-15;/h5-12,14-22H,1-4H2;1H/p-1/t5-,6-,7-,8+,9-,10-,11-,12+;/m1./s1. The fourth-order valence-electron chi connectivity index (χ4n) is 2.50. The van der Waals surface area contributed by atoms with Gasteiger partial charge in [0.25, 0.3) is 0 Å². The fourth-order valence-corrected chi connectivity index (χ4v) is 2.50. The molecule has 1 heterocycles. The molecule has 0 aliphatic carbocycles. The lowest BCUT2D eigenvalue weighted by Crippen LogP contribution is -3.00. The Kier molecular flexibility index (Phi) is 9.96. The van der Waals surface area contributed by atoms with E-state index in [1.165, 1.54) is 4.90 Å². The van der Waals surface area contributed by atoms with Gasteiger partial charge in [-0.05, 0) is 0 Å². The SMILES string of the molecule is OC[C@@H]1[C@@H](O)[C@H](O)CN1C[C@@H](O)[C@@H](O)[C@H](O)[C@H](O)[C@@H](O)CO.[Cl-]. The number of nitrogens with zero attached hydrogens (tertiary/aromatic N) is 1. The van der Waals surface area contributed by atoms with Gasteiger partial charge >= 0.3 is 0 Å². The van der Waals surface area contributed by atoms with Crippen molar-refractivity contribution in [1.82, 2.24) is 4.90 Å². The van der Waals surface area contributed by atoms with Gasteiger partial charge in [-0.1, -0.05) is 0 Å². The zero-order chi connectivity index (χ0) is 17.0. The summed E-state index contributed by atoms with van der Waals surface area (Å²) in [5.74, 6) is 0. The Labute approximate surface area is 139 Å².